The monoisotopic (exact) mass is 395 g/mol. The van der Waals surface area contributed by atoms with E-state index in [4.69, 9.17) is 9.47 Å². The molecule has 0 bridgehead atoms. The Balaban J connectivity index is 1.70. The number of esters is 1. The average Bonchev–Trinajstić information content (AvgIpc) is 2.77. The zero-order valence-electron chi connectivity index (χ0n) is 17.2. The number of methoxy groups -OCH3 is 1. The summed E-state index contributed by atoms with van der Waals surface area (Å²) in [6.07, 6.45) is 5.32. The minimum Gasteiger partial charge on any atom is -0.497 e. The van der Waals surface area contributed by atoms with Crippen LogP contribution < -0.4 is 9.64 Å². The van der Waals surface area contributed by atoms with Crippen LogP contribution in [0.1, 0.15) is 25.7 Å². The molecule has 0 heterocycles. The molecule has 2 aromatic rings. The number of ether oxygens (including phenoxy) is 2. The van der Waals surface area contributed by atoms with E-state index in [1.807, 2.05) is 36.4 Å². The molecule has 0 amide bonds. The topological polar surface area (TPSA) is 63.5 Å². The summed E-state index contributed by atoms with van der Waals surface area (Å²) in [6.45, 7) is 4.81. The first-order chi connectivity index (χ1) is 14.1. The van der Waals surface area contributed by atoms with Crippen molar-refractivity contribution in [1.82, 2.24) is 0 Å². The fourth-order valence-corrected chi connectivity index (χ4v) is 2.70. The zero-order chi connectivity index (χ0) is 20.9. The van der Waals surface area contributed by atoms with Crippen molar-refractivity contribution in [3.05, 3.63) is 61.2 Å². The van der Waals surface area contributed by atoms with Crippen molar-refractivity contribution >= 4 is 23.0 Å². The Kier molecular flexibility index (Phi) is 9.42. The van der Waals surface area contributed by atoms with Gasteiger partial charge in [0.05, 0.1) is 25.1 Å². The molecule has 6 nitrogen and oxygen atoms in total. The number of carbonyl (C=O) groups excluding carboxylic acids is 1. The fraction of sp³-hybridized carbons (Fsp3) is 0.348. The van der Waals surface area contributed by atoms with Crippen LogP contribution in [0.2, 0.25) is 0 Å². The SMILES string of the molecule is C=CC(=O)OCCCCCCN(C)c1ccc(N=Nc2ccc(OC)cc2)cc1. The van der Waals surface area contributed by atoms with Gasteiger partial charge in [-0.25, -0.2) is 4.79 Å². The molecule has 0 aliphatic rings. The fourth-order valence-electron chi connectivity index (χ4n) is 2.70. The number of anilines is 1. The van der Waals surface area contributed by atoms with Gasteiger partial charge in [0.15, 0.2) is 0 Å². The molecule has 0 radical (unpaired) electrons. The van der Waals surface area contributed by atoms with Gasteiger partial charge in [0.1, 0.15) is 5.75 Å². The molecule has 6 heteroatoms. The van der Waals surface area contributed by atoms with Crippen LogP contribution in [0.3, 0.4) is 0 Å². The Hall–Kier alpha value is -3.15. The maximum absolute atomic E-state index is 10.9. The third-order valence-corrected chi connectivity index (χ3v) is 4.44. The molecular formula is C23H29N3O3. The molecule has 0 N–H and O–H groups in total. The number of carbonyl (C=O) groups is 1. The van der Waals surface area contributed by atoms with Crippen molar-refractivity contribution in [3.8, 4) is 5.75 Å². The third kappa shape index (κ3) is 8.17. The van der Waals surface area contributed by atoms with E-state index in [0.29, 0.717) is 6.61 Å². The van der Waals surface area contributed by atoms with E-state index in [9.17, 15) is 4.79 Å². The van der Waals surface area contributed by atoms with E-state index in [2.05, 4.69) is 40.9 Å². The van der Waals surface area contributed by atoms with Gasteiger partial charge in [0.2, 0.25) is 0 Å². The summed E-state index contributed by atoms with van der Waals surface area (Å²) in [6, 6.07) is 15.5. The Morgan fingerprint density at radius 3 is 2.14 bits per heavy atom. The highest BCUT2D eigenvalue weighted by Gasteiger charge is 2.02. The van der Waals surface area contributed by atoms with E-state index in [-0.39, 0.29) is 5.97 Å². The quantitative estimate of drug-likeness (QED) is 0.196. The summed E-state index contributed by atoms with van der Waals surface area (Å²) >= 11 is 0. The first kappa shape index (κ1) is 22.1. The van der Waals surface area contributed by atoms with Crippen LogP contribution in [-0.2, 0) is 9.53 Å². The van der Waals surface area contributed by atoms with E-state index >= 15 is 0 Å². The van der Waals surface area contributed by atoms with E-state index in [1.165, 1.54) is 6.08 Å². The highest BCUT2D eigenvalue weighted by molar-refractivity contribution is 5.81. The summed E-state index contributed by atoms with van der Waals surface area (Å²) < 4.78 is 10.1. The van der Waals surface area contributed by atoms with Crippen LogP contribution >= 0.6 is 0 Å². The predicted molar refractivity (Wildman–Crippen MR) is 117 cm³/mol. The lowest BCUT2D eigenvalue weighted by Crippen LogP contribution is -2.18. The van der Waals surface area contributed by atoms with Crippen LogP contribution in [0.5, 0.6) is 5.75 Å². The number of nitrogens with zero attached hydrogens (tertiary/aromatic N) is 3. The molecule has 0 spiro atoms. The summed E-state index contributed by atoms with van der Waals surface area (Å²) in [5, 5.41) is 8.53. The van der Waals surface area contributed by atoms with Gasteiger partial charge in [-0.05, 0) is 67.8 Å². The van der Waals surface area contributed by atoms with Gasteiger partial charge in [-0.3, -0.25) is 0 Å². The normalized spacial score (nSPS) is 10.7. The zero-order valence-corrected chi connectivity index (χ0v) is 17.2. The van der Waals surface area contributed by atoms with Crippen molar-refractivity contribution in [2.75, 3.05) is 32.2 Å². The minimum absolute atomic E-state index is 0.350. The molecular weight excluding hydrogens is 366 g/mol. The van der Waals surface area contributed by atoms with Gasteiger partial charge < -0.3 is 14.4 Å². The largest absolute Gasteiger partial charge is 0.497 e. The molecule has 29 heavy (non-hydrogen) atoms. The average molecular weight is 396 g/mol. The summed E-state index contributed by atoms with van der Waals surface area (Å²) in [4.78, 5) is 13.2. The molecule has 0 aliphatic carbocycles. The highest BCUT2D eigenvalue weighted by atomic mass is 16.5. The smallest absolute Gasteiger partial charge is 0.330 e. The summed E-state index contributed by atoms with van der Waals surface area (Å²) in [5.41, 5.74) is 2.74. The van der Waals surface area contributed by atoms with E-state index in [1.54, 1.807) is 7.11 Å². The molecule has 154 valence electrons. The summed E-state index contributed by atoms with van der Waals surface area (Å²) in [7, 11) is 3.72. The second kappa shape index (κ2) is 12.3. The molecule has 0 atom stereocenters. The Bertz CT molecular complexity index is 786. The molecule has 0 aromatic heterocycles. The van der Waals surface area contributed by atoms with Crippen molar-refractivity contribution < 1.29 is 14.3 Å². The highest BCUT2D eigenvalue weighted by Crippen LogP contribution is 2.23. The third-order valence-electron chi connectivity index (χ3n) is 4.44. The first-order valence-corrected chi connectivity index (χ1v) is 9.78. The second-order valence-corrected chi connectivity index (χ2v) is 6.62. The van der Waals surface area contributed by atoms with Gasteiger partial charge in [-0.15, -0.1) is 0 Å². The molecule has 0 saturated heterocycles. The molecule has 0 saturated carbocycles. The van der Waals surface area contributed by atoms with Crippen LogP contribution in [0.15, 0.2) is 71.4 Å². The number of hydrogen-bond acceptors (Lipinski definition) is 6. The lowest BCUT2D eigenvalue weighted by atomic mass is 10.2. The molecule has 2 rings (SSSR count). The second-order valence-electron chi connectivity index (χ2n) is 6.62. The number of benzene rings is 2. The molecule has 0 fully saturated rings. The van der Waals surface area contributed by atoms with Crippen molar-refractivity contribution in [1.29, 1.82) is 0 Å². The number of hydrogen-bond donors (Lipinski definition) is 0. The van der Waals surface area contributed by atoms with E-state index < -0.39 is 0 Å². The lowest BCUT2D eigenvalue weighted by molar-refractivity contribution is -0.137. The van der Waals surface area contributed by atoms with Crippen LogP contribution in [0, 0.1) is 0 Å². The van der Waals surface area contributed by atoms with Crippen LogP contribution in [-0.4, -0.2) is 33.3 Å². The maximum atomic E-state index is 10.9. The number of unbranched alkanes of at least 4 members (excludes halogenated alkanes) is 3. The molecule has 2 aromatic carbocycles. The Morgan fingerprint density at radius 1 is 0.966 bits per heavy atom. The van der Waals surface area contributed by atoms with Crippen LogP contribution in [0.4, 0.5) is 17.1 Å². The molecule has 0 unspecified atom stereocenters. The summed E-state index contributed by atoms with van der Waals surface area (Å²) in [5.74, 6) is 0.448. The Labute approximate surface area is 172 Å². The van der Waals surface area contributed by atoms with Crippen molar-refractivity contribution in [2.24, 2.45) is 10.2 Å². The lowest BCUT2D eigenvalue weighted by Gasteiger charge is -2.19. The maximum Gasteiger partial charge on any atom is 0.330 e. The van der Waals surface area contributed by atoms with Crippen molar-refractivity contribution in [2.45, 2.75) is 25.7 Å². The molecule has 0 aliphatic heterocycles. The van der Waals surface area contributed by atoms with Gasteiger partial charge in [-0.2, -0.15) is 10.2 Å². The first-order valence-electron chi connectivity index (χ1n) is 9.78. The number of rotatable bonds is 12. The Morgan fingerprint density at radius 2 is 1.55 bits per heavy atom. The van der Waals surface area contributed by atoms with Gasteiger partial charge in [0.25, 0.3) is 0 Å². The number of azo groups is 1. The van der Waals surface area contributed by atoms with E-state index in [0.717, 1.165) is 55.0 Å². The standard InChI is InChI=1S/C23H29N3O3/c1-4-23(27)29-18-8-6-5-7-17-26(2)21-13-9-19(10-14-21)24-25-20-11-15-22(28-3)16-12-20/h4,9-16H,1,5-8,17-18H2,2-3H3. The van der Waals surface area contributed by atoms with Gasteiger partial charge >= 0.3 is 5.97 Å². The van der Waals surface area contributed by atoms with Gasteiger partial charge in [0, 0.05) is 25.4 Å². The minimum atomic E-state index is -0.350. The predicted octanol–water partition coefficient (Wildman–Crippen LogP) is 5.84. The van der Waals surface area contributed by atoms with Gasteiger partial charge in [-0.1, -0.05) is 13.0 Å². The van der Waals surface area contributed by atoms with Crippen molar-refractivity contribution in [3.63, 3.8) is 0 Å². The van der Waals surface area contributed by atoms with Crippen LogP contribution in [0.25, 0.3) is 0 Å².